The molecule has 116 valence electrons. The van der Waals surface area contributed by atoms with Crippen molar-refractivity contribution in [2.75, 3.05) is 39.9 Å². The molecule has 2 rings (SSSR count). The van der Waals surface area contributed by atoms with E-state index in [1.165, 1.54) is 0 Å². The van der Waals surface area contributed by atoms with Crippen molar-refractivity contribution < 1.29 is 9.84 Å². The molecule has 0 aromatic rings. The van der Waals surface area contributed by atoms with E-state index in [0.717, 1.165) is 64.3 Å². The van der Waals surface area contributed by atoms with E-state index in [1.54, 1.807) is 7.11 Å². The van der Waals surface area contributed by atoms with E-state index in [-0.39, 0.29) is 0 Å². The van der Waals surface area contributed by atoms with Crippen LogP contribution in [0.3, 0.4) is 0 Å². The zero-order valence-corrected chi connectivity index (χ0v) is 12.9. The predicted molar refractivity (Wildman–Crippen MR) is 81.0 cm³/mol. The summed E-state index contributed by atoms with van der Waals surface area (Å²) in [6.07, 6.45) is 5.19. The second-order valence-corrected chi connectivity index (χ2v) is 6.16. The van der Waals surface area contributed by atoms with Crippen LogP contribution >= 0.6 is 0 Å². The zero-order chi connectivity index (χ0) is 14.4. The third-order valence-corrected chi connectivity index (χ3v) is 4.38. The lowest BCUT2D eigenvalue weighted by Gasteiger charge is -2.24. The van der Waals surface area contributed by atoms with Crippen LogP contribution in [0.2, 0.25) is 0 Å². The Hall–Kier alpha value is -0.810. The number of nitrogens with zero attached hydrogens (tertiary/aromatic N) is 2. The minimum atomic E-state index is -0.563. The van der Waals surface area contributed by atoms with Crippen LogP contribution in [0, 0.1) is 5.92 Å². The van der Waals surface area contributed by atoms with Crippen molar-refractivity contribution in [2.24, 2.45) is 10.9 Å². The first kappa shape index (κ1) is 15.6. The highest BCUT2D eigenvalue weighted by atomic mass is 16.5. The molecule has 0 radical (unpaired) electrons. The first-order chi connectivity index (χ1) is 9.67. The lowest BCUT2D eigenvalue weighted by molar-refractivity contribution is 0.0572. The van der Waals surface area contributed by atoms with Gasteiger partial charge in [-0.25, -0.2) is 0 Å². The summed E-state index contributed by atoms with van der Waals surface area (Å²) in [7, 11) is 1.76. The molecule has 2 fully saturated rings. The van der Waals surface area contributed by atoms with Gasteiger partial charge in [0, 0.05) is 32.7 Å². The van der Waals surface area contributed by atoms with Crippen molar-refractivity contribution in [1.29, 1.82) is 0 Å². The number of rotatable bonds is 5. The van der Waals surface area contributed by atoms with E-state index in [9.17, 15) is 5.11 Å². The Morgan fingerprint density at radius 1 is 1.45 bits per heavy atom. The Bertz CT molecular complexity index is 327. The summed E-state index contributed by atoms with van der Waals surface area (Å²) in [4.78, 5) is 6.98. The molecule has 0 aromatic heterocycles. The number of ether oxygens (including phenoxy) is 1. The summed E-state index contributed by atoms with van der Waals surface area (Å²) in [5.74, 6) is 1.55. The molecule has 0 aromatic carbocycles. The fourth-order valence-corrected chi connectivity index (χ4v) is 3.24. The third kappa shape index (κ3) is 4.09. The van der Waals surface area contributed by atoms with Gasteiger partial charge in [-0.1, -0.05) is 12.8 Å². The third-order valence-electron chi connectivity index (χ3n) is 4.38. The van der Waals surface area contributed by atoms with Crippen LogP contribution in [0.1, 0.15) is 39.0 Å². The topological polar surface area (TPSA) is 57.1 Å². The van der Waals surface area contributed by atoms with Gasteiger partial charge in [-0.15, -0.1) is 0 Å². The summed E-state index contributed by atoms with van der Waals surface area (Å²) >= 11 is 0. The second-order valence-electron chi connectivity index (χ2n) is 6.16. The van der Waals surface area contributed by atoms with E-state index in [1.807, 2.05) is 0 Å². The molecule has 1 atom stereocenters. The number of hydrogen-bond donors (Lipinski definition) is 2. The molecule has 1 heterocycles. The second kappa shape index (κ2) is 7.27. The molecular weight excluding hydrogens is 254 g/mol. The summed E-state index contributed by atoms with van der Waals surface area (Å²) < 4.78 is 5.24. The van der Waals surface area contributed by atoms with Crippen molar-refractivity contribution in [2.45, 2.75) is 44.6 Å². The molecule has 1 saturated heterocycles. The normalized spacial score (nSPS) is 26.2. The van der Waals surface area contributed by atoms with Gasteiger partial charge in [0.05, 0.1) is 18.8 Å². The minimum absolute atomic E-state index is 0.529. The molecular formula is C15H29N3O2. The van der Waals surface area contributed by atoms with Crippen molar-refractivity contribution >= 4 is 5.96 Å². The average molecular weight is 283 g/mol. The average Bonchev–Trinajstić information content (AvgIpc) is 3.05. The highest BCUT2D eigenvalue weighted by Crippen LogP contribution is 2.29. The van der Waals surface area contributed by atoms with Crippen molar-refractivity contribution in [3.05, 3.63) is 0 Å². The van der Waals surface area contributed by atoms with Gasteiger partial charge in [-0.05, 0) is 26.2 Å². The van der Waals surface area contributed by atoms with Crippen LogP contribution in [-0.2, 0) is 4.74 Å². The Morgan fingerprint density at radius 2 is 2.20 bits per heavy atom. The number of aliphatic hydroxyl groups is 1. The van der Waals surface area contributed by atoms with Crippen molar-refractivity contribution in [3.8, 4) is 0 Å². The quantitative estimate of drug-likeness (QED) is 0.588. The Labute approximate surface area is 122 Å². The molecule has 1 aliphatic heterocycles. The number of aliphatic imine (C=N–C) groups is 1. The molecule has 1 unspecified atom stereocenters. The lowest BCUT2D eigenvalue weighted by Crippen LogP contribution is -2.41. The van der Waals surface area contributed by atoms with E-state index in [4.69, 9.17) is 4.74 Å². The highest BCUT2D eigenvalue weighted by Gasteiger charge is 2.31. The van der Waals surface area contributed by atoms with Gasteiger partial charge in [0.15, 0.2) is 5.96 Å². The van der Waals surface area contributed by atoms with Gasteiger partial charge in [-0.3, -0.25) is 4.99 Å². The monoisotopic (exact) mass is 283 g/mol. The Balaban J connectivity index is 1.92. The molecule has 5 nitrogen and oxygen atoms in total. The maximum absolute atomic E-state index is 10.4. The summed E-state index contributed by atoms with van der Waals surface area (Å²) in [5, 5.41) is 13.8. The van der Waals surface area contributed by atoms with Crippen LogP contribution < -0.4 is 5.32 Å². The standard InChI is InChI=1S/C15H29N3O2/c1-3-16-14(17-12-15(19)7-4-5-8-15)18-9-6-13(10-18)11-20-2/h13,19H,3-12H2,1-2H3,(H,16,17). The van der Waals surface area contributed by atoms with Crippen LogP contribution in [0.15, 0.2) is 4.99 Å². The van der Waals surface area contributed by atoms with Gasteiger partial charge < -0.3 is 20.1 Å². The molecule has 2 aliphatic rings. The number of guanidine groups is 1. The Morgan fingerprint density at radius 3 is 2.85 bits per heavy atom. The first-order valence-corrected chi connectivity index (χ1v) is 7.91. The molecule has 5 heteroatoms. The van der Waals surface area contributed by atoms with E-state index >= 15 is 0 Å². The molecule has 2 N–H and O–H groups in total. The minimum Gasteiger partial charge on any atom is -0.388 e. The number of nitrogens with one attached hydrogen (secondary N) is 1. The lowest BCUT2D eigenvalue weighted by atomic mass is 10.0. The maximum atomic E-state index is 10.4. The van der Waals surface area contributed by atoms with Gasteiger partial charge >= 0.3 is 0 Å². The number of methoxy groups -OCH3 is 1. The highest BCUT2D eigenvalue weighted by molar-refractivity contribution is 5.80. The number of likely N-dealkylation sites (tertiary alicyclic amines) is 1. The van der Waals surface area contributed by atoms with E-state index in [0.29, 0.717) is 12.5 Å². The Kier molecular flexibility index (Phi) is 5.66. The van der Waals surface area contributed by atoms with E-state index < -0.39 is 5.60 Å². The molecule has 1 saturated carbocycles. The first-order valence-electron chi connectivity index (χ1n) is 7.91. The van der Waals surface area contributed by atoms with Gasteiger partial charge in [0.2, 0.25) is 0 Å². The fourth-order valence-electron chi connectivity index (χ4n) is 3.24. The largest absolute Gasteiger partial charge is 0.388 e. The molecule has 1 aliphatic carbocycles. The van der Waals surface area contributed by atoms with Gasteiger partial charge in [-0.2, -0.15) is 0 Å². The smallest absolute Gasteiger partial charge is 0.194 e. The van der Waals surface area contributed by atoms with Gasteiger partial charge in [0.1, 0.15) is 0 Å². The zero-order valence-electron chi connectivity index (χ0n) is 12.9. The van der Waals surface area contributed by atoms with E-state index in [2.05, 4.69) is 22.1 Å². The number of hydrogen-bond acceptors (Lipinski definition) is 3. The summed E-state index contributed by atoms with van der Waals surface area (Å²) in [6, 6.07) is 0. The van der Waals surface area contributed by atoms with Crippen molar-refractivity contribution in [3.63, 3.8) is 0 Å². The molecule has 0 spiro atoms. The van der Waals surface area contributed by atoms with Crippen LogP contribution in [-0.4, -0.2) is 61.5 Å². The molecule has 0 bridgehead atoms. The van der Waals surface area contributed by atoms with Crippen LogP contribution in [0.4, 0.5) is 0 Å². The SMILES string of the molecule is CCNC(=NCC1(O)CCCC1)N1CCC(COC)C1. The maximum Gasteiger partial charge on any atom is 0.194 e. The van der Waals surface area contributed by atoms with Crippen LogP contribution in [0.25, 0.3) is 0 Å². The fraction of sp³-hybridized carbons (Fsp3) is 0.933. The molecule has 20 heavy (non-hydrogen) atoms. The van der Waals surface area contributed by atoms with Gasteiger partial charge in [0.25, 0.3) is 0 Å². The van der Waals surface area contributed by atoms with Crippen molar-refractivity contribution in [1.82, 2.24) is 10.2 Å². The summed E-state index contributed by atoms with van der Waals surface area (Å²) in [5.41, 5.74) is -0.563. The molecule has 0 amide bonds. The summed E-state index contributed by atoms with van der Waals surface area (Å²) in [6.45, 7) is 6.32. The predicted octanol–water partition coefficient (Wildman–Crippen LogP) is 1.23. The van der Waals surface area contributed by atoms with Crippen LogP contribution in [0.5, 0.6) is 0 Å².